The standard InChI is InChI=1S/C16H28N4/c1-3-15(17-2)7-6-10-19-11-13-20(14-12-19)16-8-4-5-9-18-16/h4-5,8-9,15,17H,3,6-7,10-14H2,1-2H3. The average Bonchev–Trinajstić information content (AvgIpc) is 2.53. The first-order valence-corrected chi connectivity index (χ1v) is 7.89. The van der Waals surface area contributed by atoms with Crippen molar-refractivity contribution in [3.63, 3.8) is 0 Å². The van der Waals surface area contributed by atoms with Gasteiger partial charge < -0.3 is 10.2 Å². The van der Waals surface area contributed by atoms with Crippen LogP contribution in [0.25, 0.3) is 0 Å². The lowest BCUT2D eigenvalue weighted by Gasteiger charge is -2.35. The van der Waals surface area contributed by atoms with Crippen molar-refractivity contribution in [3.05, 3.63) is 24.4 Å². The lowest BCUT2D eigenvalue weighted by Crippen LogP contribution is -2.47. The van der Waals surface area contributed by atoms with Gasteiger partial charge in [0.2, 0.25) is 0 Å². The van der Waals surface area contributed by atoms with Crippen molar-refractivity contribution in [2.24, 2.45) is 0 Å². The molecule has 0 aliphatic carbocycles. The second-order valence-electron chi connectivity index (χ2n) is 5.55. The molecule has 0 amide bonds. The summed E-state index contributed by atoms with van der Waals surface area (Å²) >= 11 is 0. The molecule has 0 spiro atoms. The lowest BCUT2D eigenvalue weighted by molar-refractivity contribution is 0.248. The van der Waals surface area contributed by atoms with Crippen LogP contribution in [0.15, 0.2) is 24.4 Å². The molecule has 1 fully saturated rings. The Balaban J connectivity index is 1.67. The molecule has 1 unspecified atom stereocenters. The minimum absolute atomic E-state index is 0.685. The SMILES string of the molecule is CCC(CCCN1CCN(c2ccccn2)CC1)NC. The number of pyridine rings is 1. The first-order valence-electron chi connectivity index (χ1n) is 7.89. The van der Waals surface area contributed by atoms with Crippen LogP contribution in [-0.2, 0) is 0 Å². The van der Waals surface area contributed by atoms with Crippen LogP contribution in [0.2, 0.25) is 0 Å². The normalized spacial score (nSPS) is 18.2. The van der Waals surface area contributed by atoms with Crippen molar-refractivity contribution < 1.29 is 0 Å². The molecule has 1 saturated heterocycles. The van der Waals surface area contributed by atoms with E-state index in [2.05, 4.69) is 46.2 Å². The number of rotatable bonds is 7. The van der Waals surface area contributed by atoms with Gasteiger partial charge in [0.05, 0.1) is 0 Å². The topological polar surface area (TPSA) is 31.4 Å². The minimum atomic E-state index is 0.685. The van der Waals surface area contributed by atoms with E-state index in [-0.39, 0.29) is 0 Å². The van der Waals surface area contributed by atoms with E-state index in [1.165, 1.54) is 25.8 Å². The molecule has 0 bridgehead atoms. The maximum atomic E-state index is 4.43. The van der Waals surface area contributed by atoms with E-state index in [4.69, 9.17) is 0 Å². The van der Waals surface area contributed by atoms with Crippen LogP contribution in [0.1, 0.15) is 26.2 Å². The van der Waals surface area contributed by atoms with E-state index in [0.717, 1.165) is 32.0 Å². The summed E-state index contributed by atoms with van der Waals surface area (Å²) in [4.78, 5) is 9.41. The molecule has 20 heavy (non-hydrogen) atoms. The Morgan fingerprint density at radius 2 is 2.05 bits per heavy atom. The number of nitrogens with one attached hydrogen (secondary N) is 1. The molecule has 0 radical (unpaired) electrons. The smallest absolute Gasteiger partial charge is 0.128 e. The van der Waals surface area contributed by atoms with Crippen LogP contribution in [0.3, 0.4) is 0 Å². The van der Waals surface area contributed by atoms with Crippen LogP contribution < -0.4 is 10.2 Å². The Hall–Kier alpha value is -1.13. The summed E-state index contributed by atoms with van der Waals surface area (Å²) in [7, 11) is 2.07. The van der Waals surface area contributed by atoms with Crippen molar-refractivity contribution in [2.45, 2.75) is 32.2 Å². The maximum absolute atomic E-state index is 4.43. The van der Waals surface area contributed by atoms with Crippen LogP contribution in [0.5, 0.6) is 0 Å². The van der Waals surface area contributed by atoms with Crippen molar-refractivity contribution in [1.82, 2.24) is 15.2 Å². The van der Waals surface area contributed by atoms with Crippen molar-refractivity contribution in [1.29, 1.82) is 0 Å². The molecule has 1 aliphatic heterocycles. The maximum Gasteiger partial charge on any atom is 0.128 e. The average molecular weight is 276 g/mol. The summed E-state index contributed by atoms with van der Waals surface area (Å²) in [5, 5.41) is 3.38. The summed E-state index contributed by atoms with van der Waals surface area (Å²) in [6, 6.07) is 6.84. The minimum Gasteiger partial charge on any atom is -0.354 e. The Morgan fingerprint density at radius 3 is 2.65 bits per heavy atom. The van der Waals surface area contributed by atoms with Crippen molar-refractivity contribution in [3.8, 4) is 0 Å². The van der Waals surface area contributed by atoms with E-state index < -0.39 is 0 Å². The molecular weight excluding hydrogens is 248 g/mol. The number of aromatic nitrogens is 1. The fourth-order valence-corrected chi connectivity index (χ4v) is 2.86. The number of hydrogen-bond acceptors (Lipinski definition) is 4. The van der Waals surface area contributed by atoms with E-state index in [1.807, 2.05) is 12.3 Å². The van der Waals surface area contributed by atoms with Gasteiger partial charge in [-0.05, 0) is 45.0 Å². The predicted octanol–water partition coefficient (Wildman–Crippen LogP) is 1.98. The van der Waals surface area contributed by atoms with Crippen LogP contribution in [-0.4, -0.2) is 55.7 Å². The molecule has 1 aromatic rings. The molecular formula is C16H28N4. The third kappa shape index (κ3) is 4.46. The van der Waals surface area contributed by atoms with Gasteiger partial charge in [0.1, 0.15) is 5.82 Å². The Bertz CT molecular complexity index is 356. The first-order chi connectivity index (χ1) is 9.83. The number of piperazine rings is 1. The van der Waals surface area contributed by atoms with Gasteiger partial charge in [-0.15, -0.1) is 0 Å². The van der Waals surface area contributed by atoms with Gasteiger partial charge >= 0.3 is 0 Å². The summed E-state index contributed by atoms with van der Waals surface area (Å²) in [6.45, 7) is 8.00. The Labute approximate surface area is 123 Å². The van der Waals surface area contributed by atoms with E-state index in [1.54, 1.807) is 0 Å². The molecule has 2 rings (SSSR count). The Morgan fingerprint density at radius 1 is 1.25 bits per heavy atom. The molecule has 4 heteroatoms. The van der Waals surface area contributed by atoms with E-state index in [9.17, 15) is 0 Å². The molecule has 0 aromatic carbocycles. The zero-order chi connectivity index (χ0) is 14.2. The van der Waals surface area contributed by atoms with Gasteiger partial charge in [-0.3, -0.25) is 4.90 Å². The third-order valence-corrected chi connectivity index (χ3v) is 4.27. The zero-order valence-electron chi connectivity index (χ0n) is 12.9. The second-order valence-corrected chi connectivity index (χ2v) is 5.55. The van der Waals surface area contributed by atoms with Gasteiger partial charge in [-0.25, -0.2) is 4.98 Å². The molecule has 1 atom stereocenters. The van der Waals surface area contributed by atoms with Gasteiger partial charge in [-0.2, -0.15) is 0 Å². The summed E-state index contributed by atoms with van der Waals surface area (Å²) in [6.07, 6.45) is 5.69. The molecule has 4 nitrogen and oxygen atoms in total. The number of hydrogen-bond donors (Lipinski definition) is 1. The van der Waals surface area contributed by atoms with Crippen molar-refractivity contribution in [2.75, 3.05) is 44.7 Å². The van der Waals surface area contributed by atoms with Crippen molar-refractivity contribution >= 4 is 5.82 Å². The summed E-state index contributed by atoms with van der Waals surface area (Å²) in [5.74, 6) is 1.12. The van der Waals surface area contributed by atoms with E-state index >= 15 is 0 Å². The summed E-state index contributed by atoms with van der Waals surface area (Å²) < 4.78 is 0. The fraction of sp³-hybridized carbons (Fsp3) is 0.688. The third-order valence-electron chi connectivity index (χ3n) is 4.27. The number of nitrogens with zero attached hydrogens (tertiary/aromatic N) is 3. The highest BCUT2D eigenvalue weighted by molar-refractivity contribution is 5.38. The van der Waals surface area contributed by atoms with Crippen LogP contribution in [0, 0.1) is 0 Å². The lowest BCUT2D eigenvalue weighted by atomic mass is 10.1. The quantitative estimate of drug-likeness (QED) is 0.825. The molecule has 1 aliphatic rings. The van der Waals surface area contributed by atoms with Gasteiger partial charge in [0.25, 0.3) is 0 Å². The fourth-order valence-electron chi connectivity index (χ4n) is 2.86. The molecule has 112 valence electrons. The molecule has 0 saturated carbocycles. The van der Waals surface area contributed by atoms with E-state index in [0.29, 0.717) is 6.04 Å². The van der Waals surface area contributed by atoms with Gasteiger partial charge in [0.15, 0.2) is 0 Å². The largest absolute Gasteiger partial charge is 0.354 e. The highest BCUT2D eigenvalue weighted by Gasteiger charge is 2.17. The molecule has 2 heterocycles. The zero-order valence-corrected chi connectivity index (χ0v) is 12.9. The Kier molecular flexibility index (Phi) is 6.27. The second kappa shape index (κ2) is 8.22. The molecule has 1 N–H and O–H groups in total. The van der Waals surface area contributed by atoms with Crippen LogP contribution >= 0.6 is 0 Å². The number of anilines is 1. The molecule has 1 aromatic heterocycles. The first kappa shape index (κ1) is 15.3. The predicted molar refractivity (Wildman–Crippen MR) is 85.3 cm³/mol. The van der Waals surface area contributed by atoms with Crippen LogP contribution in [0.4, 0.5) is 5.82 Å². The summed E-state index contributed by atoms with van der Waals surface area (Å²) in [5.41, 5.74) is 0. The van der Waals surface area contributed by atoms with Gasteiger partial charge in [-0.1, -0.05) is 13.0 Å². The van der Waals surface area contributed by atoms with Gasteiger partial charge in [0, 0.05) is 38.4 Å². The highest BCUT2D eigenvalue weighted by atomic mass is 15.3. The monoisotopic (exact) mass is 276 g/mol. The highest BCUT2D eigenvalue weighted by Crippen LogP contribution is 2.13.